The number of hydrazone groups is 2. The summed E-state index contributed by atoms with van der Waals surface area (Å²) in [7, 11) is 0. The van der Waals surface area contributed by atoms with Gasteiger partial charge in [0, 0.05) is 12.1 Å². The Bertz CT molecular complexity index is 1290. The fourth-order valence-corrected chi connectivity index (χ4v) is 3.34. The van der Waals surface area contributed by atoms with Crippen LogP contribution in [0.3, 0.4) is 0 Å². The molecule has 1 heterocycles. The fraction of sp³-hybridized carbons (Fsp3) is 0. The third kappa shape index (κ3) is 5.04. The summed E-state index contributed by atoms with van der Waals surface area (Å²) in [5, 5.41) is 20.8. The second-order valence-corrected chi connectivity index (χ2v) is 7.40. The van der Waals surface area contributed by atoms with Crippen molar-refractivity contribution in [2.24, 2.45) is 20.4 Å². The van der Waals surface area contributed by atoms with Crippen LogP contribution in [0.2, 0.25) is 0 Å². The number of hydrazine groups is 1. The van der Waals surface area contributed by atoms with Crippen LogP contribution in [0, 0.1) is 0 Å². The highest BCUT2D eigenvalue weighted by Gasteiger charge is 2.36. The van der Waals surface area contributed by atoms with E-state index in [2.05, 4.69) is 26.3 Å². The highest BCUT2D eigenvalue weighted by molar-refractivity contribution is 6.37. The number of quaternary nitrogens is 1. The summed E-state index contributed by atoms with van der Waals surface area (Å²) in [6, 6.07) is 39.1. The summed E-state index contributed by atoms with van der Waals surface area (Å²) >= 11 is 0. The Kier molecular flexibility index (Phi) is 6.43. The van der Waals surface area contributed by atoms with E-state index in [1.165, 1.54) is 0 Å². The van der Waals surface area contributed by atoms with Gasteiger partial charge in [0.2, 0.25) is 0 Å². The van der Waals surface area contributed by atoms with Crippen molar-refractivity contribution in [2.75, 3.05) is 10.5 Å². The van der Waals surface area contributed by atoms with Crippen LogP contribution in [0.25, 0.3) is 0 Å². The van der Waals surface area contributed by atoms with Gasteiger partial charge in [-0.05, 0) is 41.9 Å². The van der Waals surface area contributed by atoms with Gasteiger partial charge in [-0.15, -0.1) is 20.4 Å². The molecule has 1 unspecified atom stereocenters. The van der Waals surface area contributed by atoms with Crippen LogP contribution in [0.4, 0.5) is 22.7 Å². The third-order valence-electron chi connectivity index (χ3n) is 5.01. The molecule has 3 N–H and O–H groups in total. The number of para-hydroxylation sites is 3. The molecule has 4 aromatic rings. The van der Waals surface area contributed by atoms with Gasteiger partial charge in [0.25, 0.3) is 5.84 Å². The number of amidine groups is 2. The molecule has 0 aromatic heterocycles. The van der Waals surface area contributed by atoms with Crippen molar-refractivity contribution in [3.8, 4) is 0 Å². The van der Waals surface area contributed by atoms with Crippen LogP contribution < -0.4 is 21.1 Å². The number of anilines is 2. The fourth-order valence-electron chi connectivity index (χ4n) is 3.34. The van der Waals surface area contributed by atoms with Gasteiger partial charge < -0.3 is 0 Å². The molecule has 166 valence electrons. The topological polar surface area (TPSA) is 81.2 Å². The number of hydrogen-bond acceptors (Lipinski definition) is 6. The summed E-state index contributed by atoms with van der Waals surface area (Å²) in [4.78, 5) is 0. The Hall–Kier alpha value is -4.66. The quantitative estimate of drug-likeness (QED) is 0.174. The minimum atomic E-state index is 0.345. The van der Waals surface area contributed by atoms with Crippen molar-refractivity contribution in [2.45, 2.75) is 0 Å². The first kappa shape index (κ1) is 21.2. The Balaban J connectivity index is 1.55. The first-order valence-electron chi connectivity index (χ1n) is 10.9. The number of nitrogens with zero attached hydrogens (tertiary/aromatic N) is 5. The molecule has 34 heavy (non-hydrogen) atoms. The summed E-state index contributed by atoms with van der Waals surface area (Å²) in [6.45, 7) is 0. The highest BCUT2D eigenvalue weighted by atomic mass is 15.9. The predicted molar refractivity (Wildman–Crippen MR) is 135 cm³/mol. The van der Waals surface area contributed by atoms with E-state index in [1.54, 1.807) is 5.12 Å². The minimum absolute atomic E-state index is 0.345. The Labute approximate surface area is 197 Å². The maximum atomic E-state index is 4.82. The molecule has 0 spiro atoms. The monoisotopic (exact) mass is 447 g/mol. The van der Waals surface area contributed by atoms with Crippen LogP contribution >= 0.6 is 0 Å². The molecule has 4 aromatic carbocycles. The van der Waals surface area contributed by atoms with Crippen molar-refractivity contribution in [1.82, 2.24) is 5.53 Å². The zero-order chi connectivity index (χ0) is 23.0. The molecule has 8 nitrogen and oxygen atoms in total. The Morgan fingerprint density at radius 1 is 0.735 bits per heavy atom. The second-order valence-electron chi connectivity index (χ2n) is 7.40. The van der Waals surface area contributed by atoms with E-state index >= 15 is 0 Å². The van der Waals surface area contributed by atoms with Gasteiger partial charge in [-0.3, -0.25) is 5.43 Å². The molecule has 0 bridgehead atoms. The molecule has 0 saturated carbocycles. The molecular formula is C26H23N8+. The lowest BCUT2D eigenvalue weighted by molar-refractivity contribution is -0.777. The standard InChI is InChI=1S/C26H22N8/c1-5-13-21(14-6-1)27-29-25(30-28-22-15-7-2-8-16-22)26-31-34(24-19-11-4-12-20-24)32-33(26)23-17-9-3-10-18-23/h1-20,27,32H/p+1. The Morgan fingerprint density at radius 2 is 1.32 bits per heavy atom. The normalized spacial score (nSPS) is 16.0. The molecular weight excluding hydrogens is 424 g/mol. The van der Waals surface area contributed by atoms with Gasteiger partial charge in [-0.2, -0.15) is 5.01 Å². The van der Waals surface area contributed by atoms with Crippen molar-refractivity contribution < 1.29 is 5.01 Å². The predicted octanol–water partition coefficient (Wildman–Crippen LogP) is 4.67. The number of rotatable bonds is 6. The lowest BCUT2D eigenvalue weighted by atomic mass is 10.3. The van der Waals surface area contributed by atoms with Crippen molar-refractivity contribution in [3.05, 3.63) is 121 Å². The molecule has 0 aliphatic carbocycles. The number of nitrogens with one attached hydrogen (secondary N) is 3. The average molecular weight is 448 g/mol. The highest BCUT2D eigenvalue weighted by Crippen LogP contribution is 2.15. The van der Waals surface area contributed by atoms with Crippen LogP contribution in [0.15, 0.2) is 142 Å². The van der Waals surface area contributed by atoms with Gasteiger partial charge in [-0.1, -0.05) is 77.9 Å². The lowest BCUT2D eigenvalue weighted by Gasteiger charge is -2.15. The zero-order valence-electron chi connectivity index (χ0n) is 18.3. The van der Waals surface area contributed by atoms with E-state index < -0.39 is 0 Å². The molecule has 1 atom stereocenters. The van der Waals surface area contributed by atoms with Gasteiger partial charge in [0.1, 0.15) is 0 Å². The van der Waals surface area contributed by atoms with E-state index in [0.29, 0.717) is 11.7 Å². The molecule has 0 fully saturated rings. The van der Waals surface area contributed by atoms with E-state index in [1.807, 2.05) is 121 Å². The smallest absolute Gasteiger partial charge is 0.276 e. The summed E-state index contributed by atoms with van der Waals surface area (Å²) in [6.07, 6.45) is 0. The molecule has 5 rings (SSSR count). The van der Waals surface area contributed by atoms with E-state index in [-0.39, 0.29) is 0 Å². The summed E-state index contributed by atoms with van der Waals surface area (Å²) in [5.41, 5.74) is 9.88. The van der Waals surface area contributed by atoms with E-state index in [9.17, 15) is 0 Å². The molecule has 0 radical (unpaired) electrons. The third-order valence-corrected chi connectivity index (χ3v) is 5.01. The number of benzene rings is 4. The van der Waals surface area contributed by atoms with Gasteiger partial charge in [0.15, 0.2) is 5.69 Å². The van der Waals surface area contributed by atoms with Crippen LogP contribution in [-0.2, 0) is 0 Å². The molecule has 0 saturated heterocycles. The van der Waals surface area contributed by atoms with Crippen LogP contribution in [0.5, 0.6) is 0 Å². The van der Waals surface area contributed by atoms with Gasteiger partial charge >= 0.3 is 5.84 Å². The lowest BCUT2D eigenvalue weighted by Crippen LogP contribution is -3.16. The van der Waals surface area contributed by atoms with Crippen LogP contribution in [0.1, 0.15) is 0 Å². The number of hydrogen-bond donors (Lipinski definition) is 3. The molecule has 0 amide bonds. The SMILES string of the molecule is c1ccc(N=NC(=NNc2ccccc2)C2=NN(c3ccccc3)N[NH+]2c2ccccc2)cc1. The van der Waals surface area contributed by atoms with Crippen molar-refractivity contribution in [3.63, 3.8) is 0 Å². The number of azo groups is 1. The van der Waals surface area contributed by atoms with E-state index in [4.69, 9.17) is 5.10 Å². The van der Waals surface area contributed by atoms with Gasteiger partial charge in [0.05, 0.1) is 17.1 Å². The second kappa shape index (κ2) is 10.3. The van der Waals surface area contributed by atoms with Crippen molar-refractivity contribution in [1.29, 1.82) is 0 Å². The maximum Gasteiger partial charge on any atom is 0.320 e. The Morgan fingerprint density at radius 3 is 2.00 bits per heavy atom. The van der Waals surface area contributed by atoms with Crippen molar-refractivity contribution >= 4 is 34.4 Å². The van der Waals surface area contributed by atoms with Gasteiger partial charge in [-0.25, -0.2) is 0 Å². The largest absolute Gasteiger partial charge is 0.320 e. The molecule has 1 aliphatic heterocycles. The van der Waals surface area contributed by atoms with Crippen LogP contribution in [-0.4, -0.2) is 11.7 Å². The maximum absolute atomic E-state index is 4.82. The first-order valence-corrected chi connectivity index (χ1v) is 10.9. The van der Waals surface area contributed by atoms with E-state index in [0.717, 1.165) is 27.8 Å². The molecule has 1 aliphatic rings. The minimum Gasteiger partial charge on any atom is -0.276 e. The zero-order valence-corrected chi connectivity index (χ0v) is 18.3. The average Bonchev–Trinajstić information content (AvgIpc) is 3.36. The summed E-state index contributed by atoms with van der Waals surface area (Å²) in [5.74, 6) is 0.913. The summed E-state index contributed by atoms with van der Waals surface area (Å²) < 4.78 is 0. The molecule has 8 heteroatoms. The first-order chi connectivity index (χ1) is 16.9.